The molecule has 1 N–H and O–H groups in total. The van der Waals surface area contributed by atoms with Crippen molar-refractivity contribution >= 4 is 11.6 Å². The van der Waals surface area contributed by atoms with Crippen LogP contribution in [-0.4, -0.2) is 10.8 Å². The standard InChI is InChI=1S/C18H20N2O3/c1-4-17(15-6-5-12(2)13(3)11-15)19-18(21)14-7-9-16(10-8-14)20(22)23/h5-11,17H,4H2,1-3H3,(H,19,21)/t17-/m0/s1. The van der Waals surface area contributed by atoms with E-state index in [1.165, 1.54) is 35.4 Å². The van der Waals surface area contributed by atoms with Crippen LogP contribution in [-0.2, 0) is 0 Å². The van der Waals surface area contributed by atoms with Gasteiger partial charge in [0.2, 0.25) is 0 Å². The van der Waals surface area contributed by atoms with Crippen LogP contribution in [0.25, 0.3) is 0 Å². The number of nitrogens with zero attached hydrogens (tertiary/aromatic N) is 1. The highest BCUT2D eigenvalue weighted by Crippen LogP contribution is 2.21. The number of nitro benzene ring substituents is 1. The molecule has 0 aromatic heterocycles. The Kier molecular flexibility index (Phi) is 5.11. The van der Waals surface area contributed by atoms with Crippen molar-refractivity contribution in [2.45, 2.75) is 33.2 Å². The van der Waals surface area contributed by atoms with Crippen LogP contribution in [0, 0.1) is 24.0 Å². The van der Waals surface area contributed by atoms with E-state index in [0.29, 0.717) is 5.56 Å². The summed E-state index contributed by atoms with van der Waals surface area (Å²) in [5.74, 6) is -0.232. The molecule has 0 saturated heterocycles. The van der Waals surface area contributed by atoms with E-state index < -0.39 is 4.92 Å². The summed E-state index contributed by atoms with van der Waals surface area (Å²) in [4.78, 5) is 22.5. The predicted octanol–water partition coefficient (Wildman–Crippen LogP) is 4.09. The van der Waals surface area contributed by atoms with Crippen molar-refractivity contribution in [2.24, 2.45) is 0 Å². The maximum atomic E-state index is 12.3. The fourth-order valence-electron chi connectivity index (χ4n) is 2.38. The summed E-state index contributed by atoms with van der Waals surface area (Å²) in [6, 6.07) is 11.7. The van der Waals surface area contributed by atoms with E-state index in [1.54, 1.807) is 0 Å². The largest absolute Gasteiger partial charge is 0.345 e. The first kappa shape index (κ1) is 16.7. The molecule has 0 radical (unpaired) electrons. The second-order valence-corrected chi connectivity index (χ2v) is 5.58. The van der Waals surface area contributed by atoms with Gasteiger partial charge in [-0.25, -0.2) is 0 Å². The average molecular weight is 312 g/mol. The fraction of sp³-hybridized carbons (Fsp3) is 0.278. The van der Waals surface area contributed by atoms with Gasteiger partial charge in [-0.2, -0.15) is 0 Å². The first-order chi connectivity index (χ1) is 10.9. The van der Waals surface area contributed by atoms with Gasteiger partial charge in [-0.1, -0.05) is 25.1 Å². The van der Waals surface area contributed by atoms with E-state index in [0.717, 1.165) is 12.0 Å². The van der Waals surface area contributed by atoms with Crippen LogP contribution < -0.4 is 5.32 Å². The molecule has 1 amide bonds. The van der Waals surface area contributed by atoms with E-state index in [-0.39, 0.29) is 17.6 Å². The maximum Gasteiger partial charge on any atom is 0.269 e. The number of carbonyl (C=O) groups excluding carboxylic acids is 1. The van der Waals surface area contributed by atoms with Gasteiger partial charge in [0, 0.05) is 17.7 Å². The van der Waals surface area contributed by atoms with Crippen LogP contribution in [0.1, 0.15) is 46.4 Å². The highest BCUT2D eigenvalue weighted by atomic mass is 16.6. The smallest absolute Gasteiger partial charge is 0.269 e. The topological polar surface area (TPSA) is 72.2 Å². The summed E-state index contributed by atoms with van der Waals surface area (Å²) < 4.78 is 0. The molecule has 5 heteroatoms. The highest BCUT2D eigenvalue weighted by molar-refractivity contribution is 5.94. The zero-order chi connectivity index (χ0) is 17.0. The number of aryl methyl sites for hydroxylation is 2. The Morgan fingerprint density at radius 3 is 2.30 bits per heavy atom. The molecule has 0 aliphatic carbocycles. The van der Waals surface area contributed by atoms with Gasteiger partial charge >= 0.3 is 0 Å². The molecule has 0 heterocycles. The van der Waals surface area contributed by atoms with E-state index in [1.807, 2.05) is 26.0 Å². The lowest BCUT2D eigenvalue weighted by Crippen LogP contribution is -2.28. The lowest BCUT2D eigenvalue weighted by molar-refractivity contribution is -0.384. The Bertz CT molecular complexity index is 724. The molecule has 0 saturated carbocycles. The van der Waals surface area contributed by atoms with E-state index in [9.17, 15) is 14.9 Å². The molecule has 2 rings (SSSR count). The van der Waals surface area contributed by atoms with Crippen LogP contribution in [0.15, 0.2) is 42.5 Å². The van der Waals surface area contributed by atoms with Gasteiger partial charge in [0.15, 0.2) is 0 Å². The minimum atomic E-state index is -0.481. The zero-order valence-corrected chi connectivity index (χ0v) is 13.5. The van der Waals surface area contributed by atoms with Crippen LogP contribution in [0.2, 0.25) is 0 Å². The third-order valence-corrected chi connectivity index (χ3v) is 3.99. The molecule has 23 heavy (non-hydrogen) atoms. The van der Waals surface area contributed by atoms with Gasteiger partial charge in [-0.3, -0.25) is 14.9 Å². The average Bonchev–Trinajstić information content (AvgIpc) is 2.55. The number of non-ortho nitro benzene ring substituents is 1. The van der Waals surface area contributed by atoms with Gasteiger partial charge in [0.1, 0.15) is 0 Å². The third-order valence-electron chi connectivity index (χ3n) is 3.99. The Morgan fingerprint density at radius 2 is 1.78 bits per heavy atom. The summed E-state index contributed by atoms with van der Waals surface area (Å²) in [6.45, 7) is 6.11. The van der Waals surface area contributed by atoms with E-state index >= 15 is 0 Å². The number of benzene rings is 2. The van der Waals surface area contributed by atoms with Crippen LogP contribution in [0.3, 0.4) is 0 Å². The molecule has 0 aliphatic rings. The van der Waals surface area contributed by atoms with Gasteiger partial charge < -0.3 is 5.32 Å². The molecule has 2 aromatic rings. The summed E-state index contributed by atoms with van der Waals surface area (Å²) in [7, 11) is 0. The number of hydrogen-bond acceptors (Lipinski definition) is 3. The van der Waals surface area contributed by atoms with Crippen molar-refractivity contribution in [3.63, 3.8) is 0 Å². The number of amides is 1. The van der Waals surface area contributed by atoms with E-state index in [4.69, 9.17) is 0 Å². The molecule has 0 spiro atoms. The summed E-state index contributed by atoms with van der Waals surface area (Å²) >= 11 is 0. The minimum Gasteiger partial charge on any atom is -0.345 e. The maximum absolute atomic E-state index is 12.3. The van der Waals surface area contributed by atoms with Crippen molar-refractivity contribution in [2.75, 3.05) is 0 Å². The second-order valence-electron chi connectivity index (χ2n) is 5.58. The second kappa shape index (κ2) is 7.05. The fourth-order valence-corrected chi connectivity index (χ4v) is 2.38. The third kappa shape index (κ3) is 3.94. The number of rotatable bonds is 5. The number of hydrogen-bond donors (Lipinski definition) is 1. The molecule has 1 atom stereocenters. The predicted molar refractivity (Wildman–Crippen MR) is 89.5 cm³/mol. The summed E-state index contributed by atoms with van der Waals surface area (Å²) in [5.41, 5.74) is 3.85. The molecule has 0 unspecified atom stereocenters. The Hall–Kier alpha value is -2.69. The van der Waals surface area contributed by atoms with Gasteiger partial charge in [-0.15, -0.1) is 0 Å². The molecule has 0 bridgehead atoms. The normalized spacial score (nSPS) is 11.8. The Labute approximate surface area is 135 Å². The monoisotopic (exact) mass is 312 g/mol. The summed E-state index contributed by atoms with van der Waals surface area (Å²) in [5, 5.41) is 13.6. The van der Waals surface area contributed by atoms with Crippen LogP contribution in [0.5, 0.6) is 0 Å². The molecule has 120 valence electrons. The molecule has 0 fully saturated rings. The van der Waals surface area contributed by atoms with Gasteiger partial charge in [-0.05, 0) is 49.1 Å². The molecular formula is C18H20N2O3. The molecule has 0 aliphatic heterocycles. The zero-order valence-electron chi connectivity index (χ0n) is 13.5. The number of nitrogens with one attached hydrogen (secondary N) is 1. The van der Waals surface area contributed by atoms with Crippen LogP contribution in [0.4, 0.5) is 5.69 Å². The highest BCUT2D eigenvalue weighted by Gasteiger charge is 2.15. The number of nitro groups is 1. The molecule has 5 nitrogen and oxygen atoms in total. The van der Waals surface area contributed by atoms with Gasteiger partial charge in [0.05, 0.1) is 11.0 Å². The van der Waals surface area contributed by atoms with E-state index in [2.05, 4.69) is 18.3 Å². The Morgan fingerprint density at radius 1 is 1.13 bits per heavy atom. The van der Waals surface area contributed by atoms with Crippen molar-refractivity contribution in [1.29, 1.82) is 0 Å². The summed E-state index contributed by atoms with van der Waals surface area (Å²) in [6.07, 6.45) is 0.765. The lowest BCUT2D eigenvalue weighted by Gasteiger charge is -2.18. The molecule has 2 aromatic carbocycles. The Balaban J connectivity index is 2.15. The molecular weight excluding hydrogens is 292 g/mol. The number of carbonyl (C=O) groups is 1. The quantitative estimate of drug-likeness (QED) is 0.667. The van der Waals surface area contributed by atoms with Crippen molar-refractivity contribution in [1.82, 2.24) is 5.32 Å². The van der Waals surface area contributed by atoms with Crippen molar-refractivity contribution in [3.05, 3.63) is 74.8 Å². The first-order valence-corrected chi connectivity index (χ1v) is 7.54. The van der Waals surface area contributed by atoms with Crippen molar-refractivity contribution < 1.29 is 9.72 Å². The lowest BCUT2D eigenvalue weighted by atomic mass is 9.99. The SMILES string of the molecule is CC[C@H](NC(=O)c1ccc([N+](=O)[O-])cc1)c1ccc(C)c(C)c1. The van der Waals surface area contributed by atoms with Crippen LogP contribution >= 0.6 is 0 Å². The first-order valence-electron chi connectivity index (χ1n) is 7.54. The van der Waals surface area contributed by atoms with Gasteiger partial charge in [0.25, 0.3) is 11.6 Å². The van der Waals surface area contributed by atoms with Crippen molar-refractivity contribution in [3.8, 4) is 0 Å². The minimum absolute atomic E-state index is 0.0252.